The Balaban J connectivity index is 1.52. The summed E-state index contributed by atoms with van der Waals surface area (Å²) in [6.07, 6.45) is 18.2. The minimum absolute atomic E-state index is 0.0975. The van der Waals surface area contributed by atoms with Gasteiger partial charge in [-0.05, 0) is 67.5 Å². The first-order chi connectivity index (χ1) is 21.3. The van der Waals surface area contributed by atoms with Crippen LogP contribution in [0.4, 0.5) is 0 Å². The second kappa shape index (κ2) is 9.28. The number of aryl methyl sites for hydroxylation is 1. The van der Waals surface area contributed by atoms with Crippen molar-refractivity contribution >= 4 is 27.3 Å². The van der Waals surface area contributed by atoms with E-state index in [4.69, 9.17) is 0 Å². The Kier molecular flexibility index (Phi) is 5.68. The number of aromatic nitrogens is 1. The Morgan fingerprint density at radius 2 is 1.50 bits per heavy atom. The molecule has 1 spiro atoms. The number of fused-ring (bicyclic) bond motifs is 4. The highest BCUT2D eigenvalue weighted by molar-refractivity contribution is 6.06. The van der Waals surface area contributed by atoms with Gasteiger partial charge in [-0.15, -0.1) is 9.14 Å². The quantitative estimate of drug-likeness (QED) is 0.215. The van der Waals surface area contributed by atoms with Gasteiger partial charge in [0.05, 0.1) is 10.9 Å². The molecule has 3 heteroatoms. The van der Waals surface area contributed by atoms with E-state index in [9.17, 15) is 0 Å². The number of pyridine rings is 1. The van der Waals surface area contributed by atoms with E-state index in [0.717, 1.165) is 0 Å². The van der Waals surface area contributed by atoms with Gasteiger partial charge in [-0.3, -0.25) is 0 Å². The lowest BCUT2D eigenvalue weighted by Gasteiger charge is -2.46. The maximum absolute atomic E-state index is 2.96. The van der Waals surface area contributed by atoms with Gasteiger partial charge in [0.15, 0.2) is 18.0 Å². The minimum atomic E-state index is -0.427. The molecule has 0 N–H and O–H groups in total. The first-order valence-corrected chi connectivity index (χ1v) is 17.5. The van der Waals surface area contributed by atoms with Gasteiger partial charge in [0.25, 0.3) is 0 Å². The van der Waals surface area contributed by atoms with Gasteiger partial charge in [0, 0.05) is 54.4 Å². The van der Waals surface area contributed by atoms with E-state index >= 15 is 0 Å². The van der Waals surface area contributed by atoms with Gasteiger partial charge in [0.2, 0.25) is 5.69 Å². The lowest BCUT2D eigenvalue weighted by molar-refractivity contribution is -0.945. The molecule has 2 fully saturated rings. The highest BCUT2D eigenvalue weighted by Gasteiger charge is 2.71. The van der Waals surface area contributed by atoms with E-state index in [2.05, 4.69) is 109 Å². The van der Waals surface area contributed by atoms with Crippen molar-refractivity contribution in [3.8, 4) is 11.3 Å². The molecule has 0 amide bonds. The van der Waals surface area contributed by atoms with Crippen molar-refractivity contribution in [2.24, 2.45) is 0 Å². The van der Waals surface area contributed by atoms with Crippen LogP contribution in [0.2, 0.25) is 0 Å². The van der Waals surface area contributed by atoms with Gasteiger partial charge in [-0.1, -0.05) is 81.5 Å². The maximum atomic E-state index is 2.96. The zero-order chi connectivity index (χ0) is 30.0. The maximum Gasteiger partial charge on any atom is 0.473 e. The second-order valence-corrected chi connectivity index (χ2v) is 15.2. The average molecular weight is 582 g/mol. The molecule has 1 unspecified atom stereocenters. The van der Waals surface area contributed by atoms with Crippen molar-refractivity contribution in [1.82, 2.24) is 4.90 Å². The predicted octanol–water partition coefficient (Wildman–Crippen LogP) is 9.23. The van der Waals surface area contributed by atoms with Crippen molar-refractivity contribution in [1.29, 1.82) is 0 Å². The molecule has 5 aliphatic rings. The number of allylic oxidation sites excluding steroid dienone is 2. The summed E-state index contributed by atoms with van der Waals surface area (Å²) < 4.78 is 5.75. The van der Waals surface area contributed by atoms with E-state index in [-0.39, 0.29) is 5.41 Å². The van der Waals surface area contributed by atoms with Crippen molar-refractivity contribution in [3.63, 3.8) is 0 Å². The monoisotopic (exact) mass is 581 g/mol. The molecule has 224 valence electrons. The van der Waals surface area contributed by atoms with Crippen LogP contribution in [0.25, 0.3) is 32.8 Å². The fourth-order valence-corrected chi connectivity index (χ4v) is 10.5. The summed E-state index contributed by atoms with van der Waals surface area (Å²) in [5.74, 6) is -0.427. The Labute approximate surface area is 262 Å². The molecule has 3 aliphatic carbocycles. The lowest BCUT2D eigenvalue weighted by Crippen LogP contribution is -2.75. The van der Waals surface area contributed by atoms with Crippen LogP contribution in [0.1, 0.15) is 114 Å². The van der Waals surface area contributed by atoms with Gasteiger partial charge < -0.3 is 0 Å². The SMILES string of the molecule is CC1=CC(C)=[N+](C2CCCCC2)C2(c3c4c(cc5ccccc35)C(C)(C)c3cc(C)cc5cc[n+]2c-4c35)N1C1CCCCC1. The topological polar surface area (TPSA) is 10.1 Å². The van der Waals surface area contributed by atoms with Crippen molar-refractivity contribution in [2.75, 3.05) is 0 Å². The van der Waals surface area contributed by atoms with Gasteiger partial charge in [-0.2, -0.15) is 0 Å². The van der Waals surface area contributed by atoms with Crippen LogP contribution < -0.4 is 4.57 Å². The second-order valence-electron chi connectivity index (χ2n) is 15.2. The van der Waals surface area contributed by atoms with E-state index in [1.807, 2.05) is 0 Å². The third kappa shape index (κ3) is 3.29. The van der Waals surface area contributed by atoms with Crippen LogP contribution in [0.3, 0.4) is 0 Å². The van der Waals surface area contributed by atoms with Crippen molar-refractivity contribution in [3.05, 3.63) is 88.8 Å². The smallest absolute Gasteiger partial charge is 0.250 e. The van der Waals surface area contributed by atoms with Gasteiger partial charge in [0.1, 0.15) is 5.56 Å². The zero-order valence-corrected chi connectivity index (χ0v) is 27.3. The van der Waals surface area contributed by atoms with Crippen molar-refractivity contribution < 1.29 is 9.14 Å². The van der Waals surface area contributed by atoms with Crippen LogP contribution in [0, 0.1) is 6.92 Å². The molecule has 3 heterocycles. The molecule has 3 nitrogen and oxygen atoms in total. The van der Waals surface area contributed by atoms with E-state index in [0.29, 0.717) is 12.1 Å². The standard InChI is InChI=1S/C41H47N3/c1-26-22-30-20-21-42-39-36(30)34(23-26)40(4,5)35-25-29-14-12-13-19-33(29)38(37(35)39)41(42)43(31-15-8-6-9-16-31)27(2)24-28(3)44(41)32-17-10-7-11-18-32/h12-14,19-25,31-32H,6-11,15-18H2,1-5H3/q+2. The molecule has 0 bridgehead atoms. The fraction of sp³-hybridized carbons (Fsp3) is 0.463. The van der Waals surface area contributed by atoms with Crippen LogP contribution in [-0.4, -0.2) is 27.3 Å². The Bertz CT molecular complexity index is 1950. The number of rotatable bonds is 2. The fourth-order valence-electron chi connectivity index (χ4n) is 10.5. The summed E-state index contributed by atoms with van der Waals surface area (Å²) >= 11 is 0. The zero-order valence-electron chi connectivity index (χ0n) is 27.3. The minimum Gasteiger partial charge on any atom is -0.250 e. The molecule has 1 atom stereocenters. The highest BCUT2D eigenvalue weighted by Crippen LogP contribution is 2.58. The first-order valence-electron chi connectivity index (χ1n) is 17.5. The summed E-state index contributed by atoms with van der Waals surface area (Å²) in [5.41, 5.74) is 11.6. The Morgan fingerprint density at radius 3 is 2.27 bits per heavy atom. The first kappa shape index (κ1) is 26.9. The van der Waals surface area contributed by atoms with Crippen LogP contribution in [0.15, 0.2) is 66.5 Å². The molecule has 1 aromatic heterocycles. The lowest BCUT2D eigenvalue weighted by atomic mass is 9.68. The number of hydrogen-bond acceptors (Lipinski definition) is 1. The molecule has 9 rings (SSSR count). The summed E-state index contributed by atoms with van der Waals surface area (Å²) in [7, 11) is 0. The normalized spacial score (nSPS) is 24.6. The number of hydrogen-bond donors (Lipinski definition) is 0. The Hall–Kier alpha value is -3.46. The summed E-state index contributed by atoms with van der Waals surface area (Å²) in [5, 5.41) is 5.67. The Morgan fingerprint density at radius 1 is 0.773 bits per heavy atom. The molecule has 0 saturated heterocycles. The van der Waals surface area contributed by atoms with Crippen LogP contribution >= 0.6 is 0 Å². The van der Waals surface area contributed by atoms with Gasteiger partial charge >= 0.3 is 5.79 Å². The molecule has 4 aromatic rings. The molecule has 2 aliphatic heterocycles. The molecule has 3 aromatic carbocycles. The molecular formula is C41H47N3+2. The third-order valence-corrected chi connectivity index (χ3v) is 12.2. The molecule has 44 heavy (non-hydrogen) atoms. The average Bonchev–Trinajstić information content (AvgIpc) is 3.31. The summed E-state index contributed by atoms with van der Waals surface area (Å²) in [6.45, 7) is 12.1. The predicted molar refractivity (Wildman–Crippen MR) is 181 cm³/mol. The van der Waals surface area contributed by atoms with Crippen LogP contribution in [-0.2, 0) is 11.2 Å². The highest BCUT2D eigenvalue weighted by atomic mass is 15.5. The number of benzene rings is 3. The van der Waals surface area contributed by atoms with Gasteiger partial charge in [-0.25, -0.2) is 4.90 Å². The van der Waals surface area contributed by atoms with Crippen LogP contribution in [0.5, 0.6) is 0 Å². The van der Waals surface area contributed by atoms with E-state index < -0.39 is 5.79 Å². The van der Waals surface area contributed by atoms with E-state index in [1.165, 1.54) is 125 Å². The molecule has 2 saturated carbocycles. The van der Waals surface area contributed by atoms with E-state index in [1.54, 1.807) is 5.56 Å². The third-order valence-electron chi connectivity index (χ3n) is 12.2. The summed E-state index contributed by atoms with van der Waals surface area (Å²) in [4.78, 5) is 2.96. The molecule has 0 radical (unpaired) electrons. The van der Waals surface area contributed by atoms with Crippen molar-refractivity contribution in [2.45, 2.75) is 122 Å². The summed E-state index contributed by atoms with van der Waals surface area (Å²) in [6, 6.07) is 20.3. The number of nitrogens with zero attached hydrogens (tertiary/aromatic N) is 3. The molecular weight excluding hydrogens is 534 g/mol. The largest absolute Gasteiger partial charge is 0.473 e.